The molecule has 6 heteroatoms. The van der Waals surface area contributed by atoms with Crippen LogP contribution in [0.2, 0.25) is 0 Å². The number of nitrogens with one attached hydrogen (secondary N) is 2. The van der Waals surface area contributed by atoms with Gasteiger partial charge in [0.1, 0.15) is 0 Å². The van der Waals surface area contributed by atoms with Crippen molar-refractivity contribution in [2.75, 3.05) is 26.2 Å². The molecule has 0 amide bonds. The molecule has 0 bridgehead atoms. The lowest BCUT2D eigenvalue weighted by Crippen LogP contribution is -2.48. The summed E-state index contributed by atoms with van der Waals surface area (Å²) in [5.74, 6) is 1.55. The van der Waals surface area contributed by atoms with E-state index < -0.39 is 0 Å². The van der Waals surface area contributed by atoms with Gasteiger partial charge in [0.2, 0.25) is 5.88 Å². The highest BCUT2D eigenvalue weighted by atomic mass is 16.5. The molecule has 2 aromatic rings. The van der Waals surface area contributed by atoms with E-state index in [1.54, 1.807) is 6.20 Å². The SMILES string of the molecule is CCCOc1ncccc1CN=C(NCC)NC1CCN(Cc2ccccc2)CC1. The van der Waals surface area contributed by atoms with Gasteiger partial charge in [-0.25, -0.2) is 9.98 Å². The zero-order valence-corrected chi connectivity index (χ0v) is 18.3. The van der Waals surface area contributed by atoms with Crippen LogP contribution in [-0.4, -0.2) is 48.1 Å². The molecule has 1 saturated heterocycles. The van der Waals surface area contributed by atoms with Crippen LogP contribution in [0.5, 0.6) is 5.88 Å². The van der Waals surface area contributed by atoms with Crippen molar-refractivity contribution in [3.05, 3.63) is 59.8 Å². The van der Waals surface area contributed by atoms with Gasteiger partial charge in [0.25, 0.3) is 0 Å². The molecule has 1 fully saturated rings. The molecule has 2 N–H and O–H groups in total. The summed E-state index contributed by atoms with van der Waals surface area (Å²) >= 11 is 0. The van der Waals surface area contributed by atoms with Crippen molar-refractivity contribution >= 4 is 5.96 Å². The minimum absolute atomic E-state index is 0.444. The molecule has 1 aliphatic rings. The van der Waals surface area contributed by atoms with Crippen molar-refractivity contribution in [1.29, 1.82) is 0 Å². The van der Waals surface area contributed by atoms with E-state index in [4.69, 9.17) is 9.73 Å². The van der Waals surface area contributed by atoms with Crippen LogP contribution in [0.25, 0.3) is 0 Å². The molecule has 0 atom stereocenters. The number of nitrogens with zero attached hydrogens (tertiary/aromatic N) is 3. The maximum absolute atomic E-state index is 5.76. The van der Waals surface area contributed by atoms with Gasteiger partial charge >= 0.3 is 0 Å². The Labute approximate surface area is 180 Å². The Morgan fingerprint density at radius 2 is 1.93 bits per heavy atom. The highest BCUT2D eigenvalue weighted by Crippen LogP contribution is 2.16. The molecule has 2 heterocycles. The van der Waals surface area contributed by atoms with E-state index in [1.807, 2.05) is 12.1 Å². The quantitative estimate of drug-likeness (QED) is 0.490. The topological polar surface area (TPSA) is 61.8 Å². The fourth-order valence-electron chi connectivity index (χ4n) is 3.63. The summed E-state index contributed by atoms with van der Waals surface area (Å²) in [5, 5.41) is 7.00. The highest BCUT2D eigenvalue weighted by Gasteiger charge is 2.20. The normalized spacial score (nSPS) is 15.7. The molecule has 1 aliphatic heterocycles. The number of pyridine rings is 1. The second kappa shape index (κ2) is 12.2. The average Bonchev–Trinajstić information content (AvgIpc) is 2.79. The number of hydrogen-bond acceptors (Lipinski definition) is 4. The van der Waals surface area contributed by atoms with E-state index in [0.29, 0.717) is 25.1 Å². The number of rotatable bonds is 9. The molecular formula is C24H35N5O. The number of benzene rings is 1. The summed E-state index contributed by atoms with van der Waals surface area (Å²) in [5.41, 5.74) is 2.40. The molecule has 0 unspecified atom stereocenters. The van der Waals surface area contributed by atoms with Gasteiger partial charge < -0.3 is 15.4 Å². The lowest BCUT2D eigenvalue weighted by atomic mass is 10.0. The van der Waals surface area contributed by atoms with Crippen LogP contribution in [0.3, 0.4) is 0 Å². The number of piperidine rings is 1. The molecule has 0 radical (unpaired) electrons. The van der Waals surface area contributed by atoms with Crippen molar-refractivity contribution in [3.8, 4) is 5.88 Å². The monoisotopic (exact) mass is 409 g/mol. The number of aromatic nitrogens is 1. The predicted molar refractivity (Wildman–Crippen MR) is 123 cm³/mol. The van der Waals surface area contributed by atoms with E-state index in [9.17, 15) is 0 Å². The first kappa shape index (κ1) is 22.1. The van der Waals surface area contributed by atoms with Crippen LogP contribution in [0.1, 0.15) is 44.2 Å². The van der Waals surface area contributed by atoms with Crippen LogP contribution in [-0.2, 0) is 13.1 Å². The van der Waals surface area contributed by atoms with Crippen molar-refractivity contribution < 1.29 is 4.74 Å². The number of aliphatic imine (C=N–C) groups is 1. The molecule has 1 aromatic carbocycles. The minimum Gasteiger partial charge on any atom is -0.477 e. The Kier molecular flexibility index (Phi) is 8.97. The Morgan fingerprint density at radius 3 is 2.67 bits per heavy atom. The van der Waals surface area contributed by atoms with E-state index >= 15 is 0 Å². The molecule has 3 rings (SSSR count). The fraction of sp³-hybridized carbons (Fsp3) is 0.500. The summed E-state index contributed by atoms with van der Waals surface area (Å²) in [7, 11) is 0. The van der Waals surface area contributed by atoms with Gasteiger partial charge in [0, 0.05) is 44.0 Å². The van der Waals surface area contributed by atoms with Crippen LogP contribution < -0.4 is 15.4 Å². The Bertz CT molecular complexity index is 772. The third-order valence-electron chi connectivity index (χ3n) is 5.22. The summed E-state index contributed by atoms with van der Waals surface area (Å²) < 4.78 is 5.76. The third-order valence-corrected chi connectivity index (χ3v) is 5.22. The molecule has 1 aromatic heterocycles. The Hall–Kier alpha value is -2.60. The summed E-state index contributed by atoms with van der Waals surface area (Å²) in [4.78, 5) is 11.7. The predicted octanol–water partition coefficient (Wildman–Crippen LogP) is 3.59. The largest absolute Gasteiger partial charge is 0.477 e. The number of hydrogen-bond donors (Lipinski definition) is 2. The zero-order valence-electron chi connectivity index (χ0n) is 18.3. The molecule has 0 saturated carbocycles. The maximum atomic E-state index is 5.76. The number of guanidine groups is 1. The summed E-state index contributed by atoms with van der Waals surface area (Å²) in [6, 6.07) is 15.1. The van der Waals surface area contributed by atoms with Crippen molar-refractivity contribution in [2.24, 2.45) is 4.99 Å². The first-order valence-electron chi connectivity index (χ1n) is 11.2. The maximum Gasteiger partial charge on any atom is 0.218 e. The second-order valence-electron chi connectivity index (χ2n) is 7.69. The highest BCUT2D eigenvalue weighted by molar-refractivity contribution is 5.80. The van der Waals surface area contributed by atoms with E-state index in [-0.39, 0.29) is 0 Å². The number of ether oxygens (including phenoxy) is 1. The molecule has 6 nitrogen and oxygen atoms in total. The van der Waals surface area contributed by atoms with Crippen LogP contribution in [0, 0.1) is 0 Å². The van der Waals surface area contributed by atoms with Crippen molar-refractivity contribution in [3.63, 3.8) is 0 Å². The van der Waals surface area contributed by atoms with Crippen LogP contribution in [0.4, 0.5) is 0 Å². The Balaban J connectivity index is 1.52. The van der Waals surface area contributed by atoms with E-state index in [2.05, 4.69) is 64.7 Å². The average molecular weight is 410 g/mol. The van der Waals surface area contributed by atoms with Gasteiger partial charge in [-0.3, -0.25) is 4.90 Å². The molecule has 0 aliphatic carbocycles. The second-order valence-corrected chi connectivity index (χ2v) is 7.69. The van der Waals surface area contributed by atoms with Crippen molar-refractivity contribution in [1.82, 2.24) is 20.5 Å². The fourth-order valence-corrected chi connectivity index (χ4v) is 3.63. The third kappa shape index (κ3) is 7.02. The van der Waals surface area contributed by atoms with Crippen LogP contribution >= 0.6 is 0 Å². The van der Waals surface area contributed by atoms with Gasteiger partial charge in [0.05, 0.1) is 13.2 Å². The van der Waals surface area contributed by atoms with Gasteiger partial charge in [0.15, 0.2) is 5.96 Å². The number of likely N-dealkylation sites (tertiary alicyclic amines) is 1. The molecule has 162 valence electrons. The van der Waals surface area contributed by atoms with Crippen molar-refractivity contribution in [2.45, 2.75) is 52.2 Å². The lowest BCUT2D eigenvalue weighted by Gasteiger charge is -2.33. The van der Waals surface area contributed by atoms with Crippen LogP contribution in [0.15, 0.2) is 53.7 Å². The van der Waals surface area contributed by atoms with E-state index in [0.717, 1.165) is 57.0 Å². The summed E-state index contributed by atoms with van der Waals surface area (Å²) in [6.07, 6.45) is 4.97. The standard InChI is InChI=1S/C24H35N5O/c1-3-17-30-23-21(11-8-14-26-23)18-27-24(25-4-2)28-22-12-15-29(16-13-22)19-20-9-6-5-7-10-20/h5-11,14,22H,3-4,12-13,15-19H2,1-2H3,(H2,25,27,28). The summed E-state index contributed by atoms with van der Waals surface area (Å²) in [6.45, 7) is 9.49. The molecule has 30 heavy (non-hydrogen) atoms. The van der Waals surface area contributed by atoms with Gasteiger partial charge in [-0.15, -0.1) is 0 Å². The van der Waals surface area contributed by atoms with Gasteiger partial charge in [-0.1, -0.05) is 43.3 Å². The Morgan fingerprint density at radius 1 is 1.13 bits per heavy atom. The smallest absolute Gasteiger partial charge is 0.218 e. The minimum atomic E-state index is 0.444. The first-order valence-corrected chi connectivity index (χ1v) is 11.2. The molecular weight excluding hydrogens is 374 g/mol. The van der Waals surface area contributed by atoms with E-state index in [1.165, 1.54) is 5.56 Å². The van der Waals surface area contributed by atoms with Gasteiger partial charge in [-0.2, -0.15) is 0 Å². The van der Waals surface area contributed by atoms with Gasteiger partial charge in [-0.05, 0) is 37.8 Å². The lowest BCUT2D eigenvalue weighted by molar-refractivity contribution is 0.198. The molecule has 0 spiro atoms. The zero-order chi connectivity index (χ0) is 21.0. The first-order chi connectivity index (χ1) is 14.8.